The average molecular weight is 305 g/mol. The quantitative estimate of drug-likeness (QED) is 0.588. The van der Waals surface area contributed by atoms with Gasteiger partial charge in [0.15, 0.2) is 5.78 Å². The van der Waals surface area contributed by atoms with Gasteiger partial charge in [0.25, 0.3) is 0 Å². The number of benzene rings is 2. The standard InChI is InChI=1S/C21H23NO/c1-16-9-8-10-18(13-16)14-20(19-11-6-5-7-12-19)21(23)17(2)15-22(3)4/h5-14H,2,15H2,1,3-4H3/b20-14+. The first-order chi connectivity index (χ1) is 11.0. The lowest BCUT2D eigenvalue weighted by molar-refractivity contribution is -0.110. The number of hydrogen-bond acceptors (Lipinski definition) is 2. The molecule has 0 N–H and O–H groups in total. The van der Waals surface area contributed by atoms with Gasteiger partial charge in [0.1, 0.15) is 0 Å². The molecular weight excluding hydrogens is 282 g/mol. The fourth-order valence-corrected chi connectivity index (χ4v) is 2.47. The summed E-state index contributed by atoms with van der Waals surface area (Å²) in [5.41, 5.74) is 4.39. The second-order valence-electron chi connectivity index (χ2n) is 6.01. The Morgan fingerprint density at radius 3 is 2.39 bits per heavy atom. The zero-order valence-corrected chi connectivity index (χ0v) is 14.0. The number of allylic oxidation sites excluding steroid dienone is 1. The van der Waals surface area contributed by atoms with Gasteiger partial charge in [0.2, 0.25) is 0 Å². The molecule has 118 valence electrons. The third-order valence-electron chi connectivity index (χ3n) is 3.51. The lowest BCUT2D eigenvalue weighted by Crippen LogP contribution is -2.19. The van der Waals surface area contributed by atoms with E-state index in [0.717, 1.165) is 11.1 Å². The molecule has 2 rings (SSSR count). The molecule has 0 saturated carbocycles. The van der Waals surface area contributed by atoms with Gasteiger partial charge in [-0.1, -0.05) is 66.7 Å². The van der Waals surface area contributed by atoms with Crippen molar-refractivity contribution in [3.8, 4) is 0 Å². The second kappa shape index (κ2) is 7.70. The Hall–Kier alpha value is -2.45. The second-order valence-corrected chi connectivity index (χ2v) is 6.01. The van der Waals surface area contributed by atoms with Gasteiger partial charge in [0, 0.05) is 17.7 Å². The molecule has 0 atom stereocenters. The van der Waals surface area contributed by atoms with Crippen LogP contribution in [-0.2, 0) is 4.79 Å². The van der Waals surface area contributed by atoms with Gasteiger partial charge in [-0.3, -0.25) is 4.79 Å². The molecule has 0 unspecified atom stereocenters. The lowest BCUT2D eigenvalue weighted by atomic mass is 9.95. The van der Waals surface area contributed by atoms with Gasteiger partial charge >= 0.3 is 0 Å². The Morgan fingerprint density at radius 1 is 1.09 bits per heavy atom. The van der Waals surface area contributed by atoms with Crippen molar-refractivity contribution in [3.63, 3.8) is 0 Å². The summed E-state index contributed by atoms with van der Waals surface area (Å²) in [5, 5.41) is 0. The smallest absolute Gasteiger partial charge is 0.190 e. The van der Waals surface area contributed by atoms with Gasteiger partial charge < -0.3 is 4.90 Å². The van der Waals surface area contributed by atoms with Crippen molar-refractivity contribution in [2.45, 2.75) is 6.92 Å². The van der Waals surface area contributed by atoms with Crippen molar-refractivity contribution in [1.29, 1.82) is 0 Å². The van der Waals surface area contributed by atoms with Crippen LogP contribution in [0.3, 0.4) is 0 Å². The number of rotatable bonds is 6. The minimum Gasteiger partial charge on any atom is -0.305 e. The van der Waals surface area contributed by atoms with Crippen LogP contribution in [0.1, 0.15) is 16.7 Å². The van der Waals surface area contributed by atoms with E-state index in [1.807, 2.05) is 80.5 Å². The van der Waals surface area contributed by atoms with Crippen molar-refractivity contribution < 1.29 is 4.79 Å². The monoisotopic (exact) mass is 305 g/mol. The number of carbonyl (C=O) groups excluding carboxylic acids is 1. The van der Waals surface area contributed by atoms with Crippen LogP contribution in [0.5, 0.6) is 0 Å². The zero-order chi connectivity index (χ0) is 16.8. The van der Waals surface area contributed by atoms with Crippen molar-refractivity contribution in [1.82, 2.24) is 4.90 Å². The molecule has 0 fully saturated rings. The molecule has 0 spiro atoms. The predicted octanol–water partition coefficient (Wildman–Crippen LogP) is 4.22. The van der Waals surface area contributed by atoms with Crippen LogP contribution in [0.25, 0.3) is 11.6 Å². The lowest BCUT2D eigenvalue weighted by Gasteiger charge is -2.14. The fourth-order valence-electron chi connectivity index (χ4n) is 2.47. The maximum atomic E-state index is 12.9. The summed E-state index contributed by atoms with van der Waals surface area (Å²) in [7, 11) is 3.87. The molecule has 0 aliphatic rings. The molecule has 2 aromatic rings. The Balaban J connectivity index is 2.44. The van der Waals surface area contributed by atoms with Crippen molar-refractivity contribution in [2.24, 2.45) is 0 Å². The van der Waals surface area contributed by atoms with Crippen LogP contribution in [0.2, 0.25) is 0 Å². The summed E-state index contributed by atoms with van der Waals surface area (Å²) in [4.78, 5) is 14.8. The van der Waals surface area contributed by atoms with E-state index in [4.69, 9.17) is 0 Å². The van der Waals surface area contributed by atoms with Crippen LogP contribution in [0.4, 0.5) is 0 Å². The number of nitrogens with zero attached hydrogens (tertiary/aromatic N) is 1. The van der Waals surface area contributed by atoms with Gasteiger partial charge in [-0.2, -0.15) is 0 Å². The van der Waals surface area contributed by atoms with Crippen molar-refractivity contribution in [3.05, 3.63) is 83.4 Å². The highest BCUT2D eigenvalue weighted by Gasteiger charge is 2.16. The van der Waals surface area contributed by atoms with E-state index in [0.29, 0.717) is 17.7 Å². The van der Waals surface area contributed by atoms with Crippen LogP contribution in [0, 0.1) is 6.92 Å². The predicted molar refractivity (Wildman–Crippen MR) is 98.2 cm³/mol. The van der Waals surface area contributed by atoms with Gasteiger partial charge in [-0.15, -0.1) is 0 Å². The first kappa shape index (κ1) is 16.9. The summed E-state index contributed by atoms with van der Waals surface area (Å²) in [6, 6.07) is 17.9. The van der Waals surface area contributed by atoms with Crippen LogP contribution in [-0.4, -0.2) is 31.3 Å². The highest BCUT2D eigenvalue weighted by Crippen LogP contribution is 2.22. The van der Waals surface area contributed by atoms with E-state index < -0.39 is 0 Å². The maximum Gasteiger partial charge on any atom is 0.190 e. The molecule has 0 amide bonds. The Kier molecular flexibility index (Phi) is 5.67. The molecule has 0 saturated heterocycles. The molecule has 0 heterocycles. The summed E-state index contributed by atoms with van der Waals surface area (Å²) >= 11 is 0. The molecule has 0 bridgehead atoms. The molecule has 0 aliphatic heterocycles. The summed E-state index contributed by atoms with van der Waals surface area (Å²) < 4.78 is 0. The van der Waals surface area contributed by atoms with E-state index >= 15 is 0 Å². The highest BCUT2D eigenvalue weighted by atomic mass is 16.1. The molecule has 23 heavy (non-hydrogen) atoms. The first-order valence-corrected chi connectivity index (χ1v) is 7.68. The molecular formula is C21H23NO. The van der Waals surface area contributed by atoms with Crippen molar-refractivity contribution in [2.75, 3.05) is 20.6 Å². The van der Waals surface area contributed by atoms with E-state index in [9.17, 15) is 4.79 Å². The Morgan fingerprint density at radius 2 is 1.78 bits per heavy atom. The van der Waals surface area contributed by atoms with Crippen LogP contribution < -0.4 is 0 Å². The number of hydrogen-bond donors (Lipinski definition) is 0. The SMILES string of the molecule is C=C(CN(C)C)C(=O)/C(=C/c1cccc(C)c1)c1ccccc1. The normalized spacial score (nSPS) is 11.6. The molecule has 0 radical (unpaired) electrons. The average Bonchev–Trinajstić information content (AvgIpc) is 2.52. The Bertz CT molecular complexity index is 727. The molecule has 2 nitrogen and oxygen atoms in total. The van der Waals surface area contributed by atoms with E-state index in [1.165, 1.54) is 5.56 Å². The summed E-state index contributed by atoms with van der Waals surface area (Å²) in [5.74, 6) is -0.00796. The minimum absolute atomic E-state index is 0.00796. The third-order valence-corrected chi connectivity index (χ3v) is 3.51. The summed E-state index contributed by atoms with van der Waals surface area (Å²) in [6.45, 7) is 6.57. The van der Waals surface area contributed by atoms with E-state index in [-0.39, 0.29) is 5.78 Å². The van der Waals surface area contributed by atoms with E-state index in [2.05, 4.69) is 12.6 Å². The van der Waals surface area contributed by atoms with Crippen LogP contribution in [0.15, 0.2) is 66.7 Å². The highest BCUT2D eigenvalue weighted by molar-refractivity contribution is 6.32. The van der Waals surface area contributed by atoms with Gasteiger partial charge in [-0.25, -0.2) is 0 Å². The number of ketones is 1. The fraction of sp³-hybridized carbons (Fsp3) is 0.190. The minimum atomic E-state index is -0.00796. The van der Waals surface area contributed by atoms with Crippen molar-refractivity contribution >= 4 is 17.4 Å². The Labute approximate surface area is 138 Å². The summed E-state index contributed by atoms with van der Waals surface area (Å²) in [6.07, 6.45) is 1.95. The van der Waals surface area contributed by atoms with Gasteiger partial charge in [-0.05, 0) is 38.2 Å². The first-order valence-electron chi connectivity index (χ1n) is 7.68. The van der Waals surface area contributed by atoms with Crippen LogP contribution >= 0.6 is 0 Å². The third kappa shape index (κ3) is 4.76. The number of aryl methyl sites for hydroxylation is 1. The topological polar surface area (TPSA) is 20.3 Å². The largest absolute Gasteiger partial charge is 0.305 e. The number of likely N-dealkylation sites (N-methyl/N-ethyl adjacent to an activating group) is 1. The maximum absolute atomic E-state index is 12.9. The molecule has 0 aliphatic carbocycles. The molecule has 0 aromatic heterocycles. The number of Topliss-reactive ketones (excluding diaryl/α,β-unsaturated/α-hetero) is 1. The van der Waals surface area contributed by atoms with E-state index in [1.54, 1.807) is 0 Å². The molecule has 2 heteroatoms. The van der Waals surface area contributed by atoms with Gasteiger partial charge in [0.05, 0.1) is 0 Å². The molecule has 2 aromatic carbocycles. The zero-order valence-electron chi connectivity index (χ0n) is 14.0. The number of carbonyl (C=O) groups is 1.